The maximum Gasteiger partial charge on any atom is 0.243 e. The van der Waals surface area contributed by atoms with Crippen LogP contribution in [0.3, 0.4) is 0 Å². The van der Waals surface area contributed by atoms with Gasteiger partial charge in [-0.3, -0.25) is 0 Å². The topological polar surface area (TPSA) is 91.1 Å². The highest BCUT2D eigenvalue weighted by Gasteiger charge is 2.42. The Morgan fingerprint density at radius 3 is 2.29 bits per heavy atom. The van der Waals surface area contributed by atoms with Crippen molar-refractivity contribution in [2.75, 3.05) is 33.4 Å². The van der Waals surface area contributed by atoms with E-state index >= 15 is 0 Å². The molecule has 194 valence electrons. The van der Waals surface area contributed by atoms with E-state index in [1.165, 1.54) is 5.56 Å². The molecule has 7 nitrogen and oxygen atoms in total. The number of methoxy groups -OCH3 is 1. The highest BCUT2D eigenvalue weighted by atomic mass is 32.2. The van der Waals surface area contributed by atoms with Crippen molar-refractivity contribution in [3.05, 3.63) is 54.1 Å². The molecule has 2 aromatic rings. The fraction of sp³-hybridized carbons (Fsp3) is 0.556. The Hall–Kier alpha value is -2.13. The van der Waals surface area contributed by atoms with E-state index in [2.05, 4.69) is 26.0 Å². The molecule has 1 fully saturated rings. The van der Waals surface area contributed by atoms with Gasteiger partial charge in [-0.1, -0.05) is 26.0 Å². The highest BCUT2D eigenvalue weighted by Crippen LogP contribution is 2.38. The van der Waals surface area contributed by atoms with Gasteiger partial charge in [0.1, 0.15) is 18.1 Å². The second kappa shape index (κ2) is 11.7. The van der Waals surface area contributed by atoms with Crippen LogP contribution in [0.4, 0.5) is 0 Å². The zero-order valence-electron chi connectivity index (χ0n) is 21.6. The van der Waals surface area contributed by atoms with Crippen LogP contribution in [0.1, 0.15) is 39.7 Å². The summed E-state index contributed by atoms with van der Waals surface area (Å²) in [5.74, 6) is 1.80. The number of hydrogen-bond acceptors (Lipinski definition) is 6. The van der Waals surface area contributed by atoms with E-state index in [-0.39, 0.29) is 28.4 Å². The summed E-state index contributed by atoms with van der Waals surface area (Å²) >= 11 is 0. The molecular formula is C27H40N2O5S. The summed E-state index contributed by atoms with van der Waals surface area (Å²) in [4.78, 5) is 0.265. The van der Waals surface area contributed by atoms with Gasteiger partial charge in [-0.15, -0.1) is 0 Å². The molecule has 1 heterocycles. The van der Waals surface area contributed by atoms with Crippen molar-refractivity contribution in [2.45, 2.75) is 57.1 Å². The van der Waals surface area contributed by atoms with Crippen LogP contribution in [-0.2, 0) is 21.2 Å². The van der Waals surface area contributed by atoms with E-state index < -0.39 is 10.0 Å². The van der Waals surface area contributed by atoms with Crippen LogP contribution in [0.5, 0.6) is 11.5 Å². The molecule has 2 atom stereocenters. The van der Waals surface area contributed by atoms with Crippen LogP contribution >= 0.6 is 0 Å². The number of rotatable bonds is 12. The molecule has 2 N–H and O–H groups in total. The summed E-state index contributed by atoms with van der Waals surface area (Å²) in [6, 6.07) is 14.6. The van der Waals surface area contributed by atoms with Gasteiger partial charge in [-0.2, -0.15) is 4.31 Å². The molecule has 1 aliphatic heterocycles. The summed E-state index contributed by atoms with van der Waals surface area (Å²) in [7, 11) is -2.12. The Labute approximate surface area is 210 Å². The SMILES string of the molecule is COc1ccc(S(=O)(=O)N(CC(C)C)C[C@H]2OC(C)(C)C[C@H]2Cc2ccc(OCCN)cc2)cc1. The first-order valence-electron chi connectivity index (χ1n) is 12.3. The molecule has 0 amide bonds. The van der Waals surface area contributed by atoms with Crippen molar-refractivity contribution >= 4 is 10.0 Å². The van der Waals surface area contributed by atoms with Crippen LogP contribution in [0, 0.1) is 11.8 Å². The molecule has 0 bridgehead atoms. The van der Waals surface area contributed by atoms with Crippen molar-refractivity contribution in [1.82, 2.24) is 4.31 Å². The minimum absolute atomic E-state index is 0.178. The number of nitrogens with zero attached hydrogens (tertiary/aromatic N) is 1. The molecule has 0 unspecified atom stereocenters. The van der Waals surface area contributed by atoms with Crippen LogP contribution in [0.2, 0.25) is 0 Å². The molecular weight excluding hydrogens is 464 g/mol. The summed E-state index contributed by atoms with van der Waals surface area (Å²) < 4.78 is 46.0. The minimum Gasteiger partial charge on any atom is -0.497 e. The van der Waals surface area contributed by atoms with E-state index in [0.29, 0.717) is 32.0 Å². The molecule has 8 heteroatoms. The fourth-order valence-corrected chi connectivity index (χ4v) is 6.30. The van der Waals surface area contributed by atoms with E-state index in [4.69, 9.17) is 19.9 Å². The lowest BCUT2D eigenvalue weighted by Crippen LogP contribution is -2.42. The zero-order chi connectivity index (χ0) is 25.6. The van der Waals surface area contributed by atoms with Crippen LogP contribution in [0.25, 0.3) is 0 Å². The third-order valence-corrected chi connectivity index (χ3v) is 8.05. The first-order valence-corrected chi connectivity index (χ1v) is 13.7. The number of nitrogens with two attached hydrogens (primary N) is 1. The Morgan fingerprint density at radius 2 is 1.71 bits per heavy atom. The molecule has 3 rings (SSSR count). The van der Waals surface area contributed by atoms with Crippen molar-refractivity contribution in [3.63, 3.8) is 0 Å². The van der Waals surface area contributed by atoms with E-state index in [1.807, 2.05) is 26.0 Å². The van der Waals surface area contributed by atoms with Gasteiger partial charge in [-0.25, -0.2) is 8.42 Å². The normalized spacial score (nSPS) is 19.9. The first kappa shape index (κ1) is 27.5. The van der Waals surface area contributed by atoms with Crippen LogP contribution in [0.15, 0.2) is 53.4 Å². The predicted molar refractivity (Wildman–Crippen MR) is 138 cm³/mol. The van der Waals surface area contributed by atoms with E-state index in [0.717, 1.165) is 18.6 Å². The highest BCUT2D eigenvalue weighted by molar-refractivity contribution is 7.89. The molecule has 35 heavy (non-hydrogen) atoms. The van der Waals surface area contributed by atoms with E-state index in [9.17, 15) is 8.42 Å². The zero-order valence-corrected chi connectivity index (χ0v) is 22.4. The smallest absolute Gasteiger partial charge is 0.243 e. The van der Waals surface area contributed by atoms with Gasteiger partial charge in [0.05, 0.1) is 23.7 Å². The average molecular weight is 505 g/mol. The van der Waals surface area contributed by atoms with Crippen molar-refractivity contribution in [1.29, 1.82) is 0 Å². The van der Waals surface area contributed by atoms with Gasteiger partial charge in [-0.05, 0) is 80.5 Å². The number of hydrogen-bond donors (Lipinski definition) is 1. The fourth-order valence-electron chi connectivity index (χ4n) is 4.68. The molecule has 0 spiro atoms. The number of benzene rings is 2. The summed E-state index contributed by atoms with van der Waals surface area (Å²) in [5.41, 5.74) is 6.38. The van der Waals surface area contributed by atoms with E-state index in [1.54, 1.807) is 35.7 Å². The summed E-state index contributed by atoms with van der Waals surface area (Å²) in [6.07, 6.45) is 1.47. The van der Waals surface area contributed by atoms with Gasteiger partial charge in [0.25, 0.3) is 0 Å². The maximum atomic E-state index is 13.6. The lowest BCUT2D eigenvalue weighted by molar-refractivity contribution is -0.0277. The lowest BCUT2D eigenvalue weighted by Gasteiger charge is -2.29. The molecule has 0 radical (unpaired) electrons. The Balaban J connectivity index is 1.80. The number of ether oxygens (including phenoxy) is 3. The van der Waals surface area contributed by atoms with Crippen LogP contribution < -0.4 is 15.2 Å². The van der Waals surface area contributed by atoms with Gasteiger partial charge in [0.15, 0.2) is 0 Å². The quantitative estimate of drug-likeness (QED) is 0.468. The molecule has 0 aromatic heterocycles. The number of sulfonamides is 1. The van der Waals surface area contributed by atoms with Gasteiger partial charge in [0.2, 0.25) is 10.0 Å². The average Bonchev–Trinajstić information content (AvgIpc) is 3.10. The molecule has 1 saturated heterocycles. The third kappa shape index (κ3) is 7.43. The lowest BCUT2D eigenvalue weighted by atomic mass is 9.88. The summed E-state index contributed by atoms with van der Waals surface area (Å²) in [6.45, 7) is 9.92. The predicted octanol–water partition coefficient (Wildman–Crippen LogP) is 4.11. The minimum atomic E-state index is -3.69. The Bertz CT molecular complexity index is 1040. The summed E-state index contributed by atoms with van der Waals surface area (Å²) in [5, 5.41) is 0. The molecule has 0 saturated carbocycles. The van der Waals surface area contributed by atoms with Gasteiger partial charge < -0.3 is 19.9 Å². The monoisotopic (exact) mass is 504 g/mol. The standard InChI is InChI=1S/C27H40N2O5S/c1-20(2)18-29(35(30,31)25-12-10-23(32-5)11-13-25)19-26-22(17-27(3,4)34-26)16-21-6-8-24(9-7-21)33-15-14-28/h6-13,20,22,26H,14-19,28H2,1-5H3/t22-,26-/m1/s1. The molecule has 1 aliphatic rings. The van der Waals surface area contributed by atoms with Crippen molar-refractivity contribution in [2.24, 2.45) is 17.6 Å². The maximum absolute atomic E-state index is 13.6. The van der Waals surface area contributed by atoms with Gasteiger partial charge in [0, 0.05) is 19.6 Å². The van der Waals surface area contributed by atoms with Crippen LogP contribution in [-0.4, -0.2) is 57.8 Å². The first-order chi connectivity index (χ1) is 16.5. The third-order valence-electron chi connectivity index (χ3n) is 6.21. The van der Waals surface area contributed by atoms with Crippen molar-refractivity contribution in [3.8, 4) is 11.5 Å². The molecule has 0 aliphatic carbocycles. The van der Waals surface area contributed by atoms with Crippen molar-refractivity contribution < 1.29 is 22.6 Å². The second-order valence-electron chi connectivity index (χ2n) is 10.3. The Morgan fingerprint density at radius 1 is 1.09 bits per heavy atom. The largest absolute Gasteiger partial charge is 0.497 e. The van der Waals surface area contributed by atoms with Gasteiger partial charge >= 0.3 is 0 Å². The second-order valence-corrected chi connectivity index (χ2v) is 12.2. The Kier molecular flexibility index (Phi) is 9.21. The molecule has 2 aromatic carbocycles.